The molecule has 1 aliphatic rings. The van der Waals surface area contributed by atoms with E-state index in [2.05, 4.69) is 21.9 Å². The number of aromatic nitrogens is 3. The van der Waals surface area contributed by atoms with Crippen molar-refractivity contribution < 1.29 is 0 Å². The van der Waals surface area contributed by atoms with Gasteiger partial charge in [0.25, 0.3) is 0 Å². The molecule has 16 heavy (non-hydrogen) atoms. The molecule has 1 fully saturated rings. The van der Waals surface area contributed by atoms with Crippen molar-refractivity contribution in [2.45, 2.75) is 32.4 Å². The molecule has 1 saturated heterocycles. The molecule has 0 spiro atoms. The van der Waals surface area contributed by atoms with Gasteiger partial charge >= 0.3 is 0 Å². The fourth-order valence-electron chi connectivity index (χ4n) is 2.33. The highest BCUT2D eigenvalue weighted by Crippen LogP contribution is 2.19. The first-order valence-electron chi connectivity index (χ1n) is 5.97. The molecule has 1 aromatic heterocycles. The van der Waals surface area contributed by atoms with Gasteiger partial charge in [0.2, 0.25) is 0 Å². The number of nitrogens with zero attached hydrogens (tertiary/aromatic N) is 4. The van der Waals surface area contributed by atoms with Crippen LogP contribution in [-0.4, -0.2) is 38.8 Å². The molecule has 0 aliphatic carbocycles. The number of nitrogens with two attached hydrogens (primary N) is 1. The van der Waals surface area contributed by atoms with Crippen molar-refractivity contribution in [2.24, 2.45) is 18.7 Å². The molecule has 0 aromatic carbocycles. The number of rotatable bonds is 3. The fourth-order valence-corrected chi connectivity index (χ4v) is 2.33. The van der Waals surface area contributed by atoms with Crippen LogP contribution >= 0.6 is 0 Å². The van der Waals surface area contributed by atoms with Crippen LogP contribution in [0.3, 0.4) is 0 Å². The maximum Gasteiger partial charge on any atom is 0.140 e. The minimum Gasteiger partial charge on any atom is -0.328 e. The molecule has 2 atom stereocenters. The van der Waals surface area contributed by atoms with Gasteiger partial charge in [-0.3, -0.25) is 9.58 Å². The highest BCUT2D eigenvalue weighted by molar-refractivity contribution is 4.86. The number of hydrogen-bond donors (Lipinski definition) is 1. The average molecular weight is 223 g/mol. The quantitative estimate of drug-likeness (QED) is 0.804. The van der Waals surface area contributed by atoms with Crippen molar-refractivity contribution in [1.82, 2.24) is 19.7 Å². The average Bonchev–Trinajstić information content (AvgIpc) is 2.65. The zero-order valence-electron chi connectivity index (χ0n) is 10.1. The Kier molecular flexibility index (Phi) is 3.56. The molecule has 2 N–H and O–H groups in total. The first-order valence-corrected chi connectivity index (χ1v) is 5.97. The van der Waals surface area contributed by atoms with Gasteiger partial charge in [0, 0.05) is 19.6 Å². The van der Waals surface area contributed by atoms with Gasteiger partial charge in [-0.05, 0) is 32.2 Å². The molecule has 1 aliphatic heterocycles. The zero-order chi connectivity index (χ0) is 11.5. The van der Waals surface area contributed by atoms with Gasteiger partial charge in [0.05, 0.1) is 6.54 Å². The summed E-state index contributed by atoms with van der Waals surface area (Å²) >= 11 is 0. The maximum absolute atomic E-state index is 5.97. The Hall–Kier alpha value is -0.940. The summed E-state index contributed by atoms with van der Waals surface area (Å²) in [5.74, 6) is 1.66. The van der Waals surface area contributed by atoms with E-state index in [0.29, 0.717) is 12.0 Å². The summed E-state index contributed by atoms with van der Waals surface area (Å²) in [4.78, 5) is 6.69. The van der Waals surface area contributed by atoms with Gasteiger partial charge in [-0.15, -0.1) is 0 Å². The van der Waals surface area contributed by atoms with Gasteiger partial charge in [-0.1, -0.05) is 0 Å². The van der Waals surface area contributed by atoms with E-state index in [1.165, 1.54) is 12.8 Å². The fraction of sp³-hybridized carbons (Fsp3) is 0.818. The third-order valence-electron chi connectivity index (χ3n) is 3.46. The molecule has 0 amide bonds. The smallest absolute Gasteiger partial charge is 0.140 e. The van der Waals surface area contributed by atoms with E-state index in [0.717, 1.165) is 25.5 Å². The lowest BCUT2D eigenvalue weighted by Gasteiger charge is -2.34. The summed E-state index contributed by atoms with van der Waals surface area (Å²) in [6.45, 7) is 5.23. The van der Waals surface area contributed by atoms with Crippen LogP contribution in [0, 0.1) is 5.92 Å². The number of aryl methyl sites for hydroxylation is 1. The lowest BCUT2D eigenvalue weighted by atomic mass is 9.92. The summed E-state index contributed by atoms with van der Waals surface area (Å²) in [5, 5.41) is 4.09. The van der Waals surface area contributed by atoms with E-state index in [1.807, 2.05) is 11.7 Å². The van der Waals surface area contributed by atoms with Crippen molar-refractivity contribution in [2.75, 3.05) is 13.1 Å². The molecule has 5 heteroatoms. The molecule has 0 bridgehead atoms. The summed E-state index contributed by atoms with van der Waals surface area (Å²) < 4.78 is 1.84. The SMILES string of the molecule is CC(N)C1CCCN(Cc2ncnn2C)C1. The molecule has 2 heterocycles. The van der Waals surface area contributed by atoms with Crippen LogP contribution in [0.2, 0.25) is 0 Å². The Balaban J connectivity index is 1.93. The van der Waals surface area contributed by atoms with Crippen molar-refractivity contribution in [3.8, 4) is 0 Å². The second-order valence-corrected chi connectivity index (χ2v) is 4.80. The largest absolute Gasteiger partial charge is 0.328 e. The van der Waals surface area contributed by atoms with Crippen molar-refractivity contribution in [1.29, 1.82) is 0 Å². The number of likely N-dealkylation sites (tertiary alicyclic amines) is 1. The van der Waals surface area contributed by atoms with E-state index in [1.54, 1.807) is 6.33 Å². The third-order valence-corrected chi connectivity index (χ3v) is 3.46. The van der Waals surface area contributed by atoms with Crippen molar-refractivity contribution >= 4 is 0 Å². The Morgan fingerprint density at radius 3 is 3.06 bits per heavy atom. The van der Waals surface area contributed by atoms with Gasteiger partial charge in [0.1, 0.15) is 12.2 Å². The predicted molar refractivity (Wildman–Crippen MR) is 62.7 cm³/mol. The van der Waals surface area contributed by atoms with E-state index >= 15 is 0 Å². The summed E-state index contributed by atoms with van der Waals surface area (Å²) in [6, 6.07) is 0.294. The molecule has 0 radical (unpaired) electrons. The third kappa shape index (κ3) is 2.59. The van der Waals surface area contributed by atoms with E-state index in [-0.39, 0.29) is 0 Å². The number of hydrogen-bond acceptors (Lipinski definition) is 4. The maximum atomic E-state index is 5.97. The summed E-state index contributed by atoms with van der Waals surface area (Å²) in [6.07, 6.45) is 4.11. The lowest BCUT2D eigenvalue weighted by molar-refractivity contribution is 0.149. The van der Waals surface area contributed by atoms with Crippen LogP contribution in [0.4, 0.5) is 0 Å². The molecule has 0 saturated carbocycles. The van der Waals surface area contributed by atoms with Gasteiger partial charge < -0.3 is 5.73 Å². The van der Waals surface area contributed by atoms with Crippen LogP contribution in [-0.2, 0) is 13.6 Å². The van der Waals surface area contributed by atoms with Crippen LogP contribution in [0.5, 0.6) is 0 Å². The first kappa shape index (κ1) is 11.5. The highest BCUT2D eigenvalue weighted by atomic mass is 15.3. The minimum atomic E-state index is 0.294. The molecule has 1 aromatic rings. The van der Waals surface area contributed by atoms with Gasteiger partial charge in [-0.25, -0.2) is 4.98 Å². The topological polar surface area (TPSA) is 60.0 Å². The Morgan fingerprint density at radius 2 is 2.44 bits per heavy atom. The second-order valence-electron chi connectivity index (χ2n) is 4.80. The molecule has 5 nitrogen and oxygen atoms in total. The molecular weight excluding hydrogens is 202 g/mol. The van der Waals surface area contributed by atoms with Crippen LogP contribution in [0.25, 0.3) is 0 Å². The van der Waals surface area contributed by atoms with E-state index in [4.69, 9.17) is 5.73 Å². The molecular formula is C11H21N5. The van der Waals surface area contributed by atoms with Crippen LogP contribution in [0.1, 0.15) is 25.6 Å². The van der Waals surface area contributed by atoms with Crippen LogP contribution in [0.15, 0.2) is 6.33 Å². The Morgan fingerprint density at radius 1 is 1.62 bits per heavy atom. The normalized spacial score (nSPS) is 24.6. The van der Waals surface area contributed by atoms with Crippen molar-refractivity contribution in [3.63, 3.8) is 0 Å². The summed E-state index contributed by atoms with van der Waals surface area (Å²) in [5.41, 5.74) is 5.97. The molecule has 2 unspecified atom stereocenters. The van der Waals surface area contributed by atoms with Gasteiger partial charge in [-0.2, -0.15) is 5.10 Å². The zero-order valence-corrected chi connectivity index (χ0v) is 10.1. The molecule has 90 valence electrons. The predicted octanol–water partition coefficient (Wildman–Crippen LogP) is 0.374. The Bertz CT molecular complexity index is 333. The van der Waals surface area contributed by atoms with Crippen LogP contribution < -0.4 is 5.73 Å². The highest BCUT2D eigenvalue weighted by Gasteiger charge is 2.23. The standard InChI is InChI=1S/C11H21N5/c1-9(12)10-4-3-5-16(6-10)7-11-13-8-14-15(11)2/h8-10H,3-7,12H2,1-2H3. The summed E-state index contributed by atoms with van der Waals surface area (Å²) in [7, 11) is 1.94. The first-order chi connectivity index (χ1) is 7.66. The van der Waals surface area contributed by atoms with E-state index < -0.39 is 0 Å². The minimum absolute atomic E-state index is 0.294. The van der Waals surface area contributed by atoms with Crippen molar-refractivity contribution in [3.05, 3.63) is 12.2 Å². The molecule has 2 rings (SSSR count). The number of piperidine rings is 1. The second kappa shape index (κ2) is 4.93. The lowest BCUT2D eigenvalue weighted by Crippen LogP contribution is -2.42. The Labute approximate surface area is 96.6 Å². The van der Waals surface area contributed by atoms with Gasteiger partial charge in [0.15, 0.2) is 0 Å². The van der Waals surface area contributed by atoms with E-state index in [9.17, 15) is 0 Å². The monoisotopic (exact) mass is 223 g/mol.